The van der Waals surface area contributed by atoms with E-state index in [-0.39, 0.29) is 6.04 Å². The average molecular weight is 352 g/mol. The molecule has 1 atom stereocenters. The second-order valence-corrected chi connectivity index (χ2v) is 6.43. The zero-order valence-electron chi connectivity index (χ0n) is 15.5. The molecule has 1 fully saturated rings. The minimum absolute atomic E-state index is 0.274. The zero-order valence-corrected chi connectivity index (χ0v) is 15.5. The average Bonchev–Trinajstić information content (AvgIpc) is 2.68. The van der Waals surface area contributed by atoms with Crippen LogP contribution in [0.2, 0.25) is 0 Å². The van der Waals surface area contributed by atoms with Crippen molar-refractivity contribution in [2.45, 2.75) is 25.8 Å². The molecule has 1 N–H and O–H groups in total. The third-order valence-electron chi connectivity index (χ3n) is 4.61. The summed E-state index contributed by atoms with van der Waals surface area (Å²) in [6, 6.07) is 12.1. The Morgan fingerprint density at radius 3 is 2.73 bits per heavy atom. The molecule has 1 aromatic heterocycles. The molecule has 0 saturated carbocycles. The predicted molar refractivity (Wildman–Crippen MR) is 102 cm³/mol. The SMILES string of the molecule is COc1ccc(N[C@@H]2CCCN(c3nc(C)ccc3C#N)C2)cc1OC. The molecule has 26 heavy (non-hydrogen) atoms. The maximum Gasteiger partial charge on any atom is 0.162 e. The number of aromatic nitrogens is 1. The largest absolute Gasteiger partial charge is 0.493 e. The molecule has 0 aliphatic carbocycles. The van der Waals surface area contributed by atoms with E-state index < -0.39 is 0 Å². The van der Waals surface area contributed by atoms with Crippen molar-refractivity contribution in [2.75, 3.05) is 37.5 Å². The molecule has 1 aromatic carbocycles. The van der Waals surface area contributed by atoms with Crippen LogP contribution in [0.1, 0.15) is 24.1 Å². The van der Waals surface area contributed by atoms with Crippen LogP contribution in [0, 0.1) is 18.3 Å². The Kier molecular flexibility index (Phi) is 5.47. The summed E-state index contributed by atoms with van der Waals surface area (Å²) in [5.74, 6) is 2.20. The van der Waals surface area contributed by atoms with Gasteiger partial charge in [0.05, 0.1) is 19.8 Å². The van der Waals surface area contributed by atoms with Crippen LogP contribution in [0.25, 0.3) is 0 Å². The minimum Gasteiger partial charge on any atom is -0.493 e. The van der Waals surface area contributed by atoms with Crippen LogP contribution >= 0.6 is 0 Å². The Bertz CT molecular complexity index is 816. The molecule has 0 unspecified atom stereocenters. The maximum absolute atomic E-state index is 9.39. The normalized spacial score (nSPS) is 16.7. The van der Waals surface area contributed by atoms with Crippen molar-refractivity contribution in [1.29, 1.82) is 5.26 Å². The summed E-state index contributed by atoms with van der Waals surface area (Å²) in [6.07, 6.45) is 2.12. The van der Waals surface area contributed by atoms with Gasteiger partial charge in [-0.25, -0.2) is 4.98 Å². The van der Waals surface area contributed by atoms with Gasteiger partial charge in [0.1, 0.15) is 11.9 Å². The molecular weight excluding hydrogens is 328 g/mol. The van der Waals surface area contributed by atoms with Crippen molar-refractivity contribution < 1.29 is 9.47 Å². The van der Waals surface area contributed by atoms with E-state index in [9.17, 15) is 5.26 Å². The third-order valence-corrected chi connectivity index (χ3v) is 4.61. The van der Waals surface area contributed by atoms with Crippen LogP contribution in [0.5, 0.6) is 11.5 Å². The molecule has 2 heterocycles. The van der Waals surface area contributed by atoms with Crippen molar-refractivity contribution in [3.05, 3.63) is 41.6 Å². The number of rotatable bonds is 5. The summed E-state index contributed by atoms with van der Waals surface area (Å²) in [5.41, 5.74) is 2.54. The second kappa shape index (κ2) is 7.96. The highest BCUT2D eigenvalue weighted by molar-refractivity contribution is 5.57. The molecule has 0 amide bonds. The first-order chi connectivity index (χ1) is 12.6. The van der Waals surface area contributed by atoms with E-state index in [0.717, 1.165) is 43.1 Å². The number of benzene rings is 1. The number of aryl methyl sites for hydroxylation is 1. The fourth-order valence-corrected chi connectivity index (χ4v) is 3.32. The Morgan fingerprint density at radius 1 is 1.19 bits per heavy atom. The van der Waals surface area contributed by atoms with Crippen LogP contribution in [0.3, 0.4) is 0 Å². The topological polar surface area (TPSA) is 70.4 Å². The van der Waals surface area contributed by atoms with Crippen molar-refractivity contribution >= 4 is 11.5 Å². The smallest absolute Gasteiger partial charge is 0.162 e. The van der Waals surface area contributed by atoms with E-state index in [0.29, 0.717) is 17.1 Å². The van der Waals surface area contributed by atoms with Crippen LogP contribution in [0.4, 0.5) is 11.5 Å². The summed E-state index contributed by atoms with van der Waals surface area (Å²) in [7, 11) is 3.27. The van der Waals surface area contributed by atoms with Gasteiger partial charge in [0, 0.05) is 36.6 Å². The highest BCUT2D eigenvalue weighted by atomic mass is 16.5. The highest BCUT2D eigenvalue weighted by Gasteiger charge is 2.23. The number of pyridine rings is 1. The van der Waals surface area contributed by atoms with Crippen molar-refractivity contribution in [3.8, 4) is 17.6 Å². The van der Waals surface area contributed by atoms with Gasteiger partial charge < -0.3 is 19.7 Å². The van der Waals surface area contributed by atoms with Gasteiger partial charge in [-0.15, -0.1) is 0 Å². The summed E-state index contributed by atoms with van der Waals surface area (Å²) in [5, 5.41) is 13.0. The quantitative estimate of drug-likeness (QED) is 0.890. The number of methoxy groups -OCH3 is 2. The molecule has 0 spiro atoms. The molecule has 1 aliphatic rings. The molecule has 1 aliphatic heterocycles. The lowest BCUT2D eigenvalue weighted by molar-refractivity contribution is 0.355. The molecule has 0 bridgehead atoms. The van der Waals surface area contributed by atoms with Gasteiger partial charge in [-0.3, -0.25) is 0 Å². The van der Waals surface area contributed by atoms with Gasteiger partial charge >= 0.3 is 0 Å². The van der Waals surface area contributed by atoms with E-state index >= 15 is 0 Å². The van der Waals surface area contributed by atoms with E-state index in [1.165, 1.54) is 0 Å². The highest BCUT2D eigenvalue weighted by Crippen LogP contribution is 2.31. The van der Waals surface area contributed by atoms with E-state index in [1.54, 1.807) is 14.2 Å². The third kappa shape index (κ3) is 3.83. The molecule has 6 heteroatoms. The first-order valence-corrected chi connectivity index (χ1v) is 8.76. The first-order valence-electron chi connectivity index (χ1n) is 8.76. The molecule has 6 nitrogen and oxygen atoms in total. The van der Waals surface area contributed by atoms with Crippen LogP contribution in [-0.4, -0.2) is 38.3 Å². The van der Waals surface area contributed by atoms with Crippen LogP contribution in [-0.2, 0) is 0 Å². The second-order valence-electron chi connectivity index (χ2n) is 6.43. The molecule has 0 radical (unpaired) electrons. The lowest BCUT2D eigenvalue weighted by Crippen LogP contribution is -2.43. The van der Waals surface area contributed by atoms with Crippen molar-refractivity contribution in [1.82, 2.24) is 4.98 Å². The number of nitrogens with zero attached hydrogens (tertiary/aromatic N) is 3. The number of hydrogen-bond acceptors (Lipinski definition) is 6. The van der Waals surface area contributed by atoms with Gasteiger partial charge in [-0.2, -0.15) is 5.26 Å². The summed E-state index contributed by atoms with van der Waals surface area (Å²) in [4.78, 5) is 6.80. The monoisotopic (exact) mass is 352 g/mol. The Balaban J connectivity index is 1.75. The Labute approximate surface area is 154 Å². The minimum atomic E-state index is 0.274. The number of anilines is 2. The van der Waals surface area contributed by atoms with Gasteiger partial charge in [0.25, 0.3) is 0 Å². The summed E-state index contributed by atoms with van der Waals surface area (Å²) < 4.78 is 10.7. The molecule has 136 valence electrons. The van der Waals surface area contributed by atoms with E-state index in [2.05, 4.69) is 21.3 Å². The van der Waals surface area contributed by atoms with Crippen LogP contribution < -0.4 is 19.7 Å². The van der Waals surface area contributed by atoms with Crippen molar-refractivity contribution in [3.63, 3.8) is 0 Å². The summed E-state index contributed by atoms with van der Waals surface area (Å²) >= 11 is 0. The Morgan fingerprint density at radius 2 is 2.00 bits per heavy atom. The number of nitrogens with one attached hydrogen (secondary N) is 1. The van der Waals surface area contributed by atoms with E-state index in [4.69, 9.17) is 9.47 Å². The van der Waals surface area contributed by atoms with Crippen molar-refractivity contribution in [2.24, 2.45) is 0 Å². The van der Waals surface area contributed by atoms with Gasteiger partial charge in [-0.1, -0.05) is 0 Å². The first kappa shape index (κ1) is 17.9. The fourth-order valence-electron chi connectivity index (χ4n) is 3.32. The molecule has 1 saturated heterocycles. The maximum atomic E-state index is 9.39. The lowest BCUT2D eigenvalue weighted by Gasteiger charge is -2.35. The predicted octanol–water partition coefficient (Wildman–Crippen LogP) is 3.36. The van der Waals surface area contributed by atoms with E-state index in [1.807, 2.05) is 37.3 Å². The standard InChI is InChI=1S/C20H24N4O2/c1-14-6-7-15(12-21)20(22-14)24-10-4-5-17(13-24)23-16-8-9-18(25-2)19(11-16)26-3/h6-9,11,17,23H,4-5,10,13H2,1-3H3/t17-/m1/s1. The molecular formula is C20H24N4O2. The van der Waals surface area contributed by atoms with Gasteiger partial charge in [0.15, 0.2) is 11.5 Å². The number of nitriles is 1. The zero-order chi connectivity index (χ0) is 18.5. The Hall–Kier alpha value is -2.94. The summed E-state index contributed by atoms with van der Waals surface area (Å²) in [6.45, 7) is 3.67. The molecule has 2 aromatic rings. The fraction of sp³-hybridized carbons (Fsp3) is 0.400. The number of hydrogen-bond donors (Lipinski definition) is 1. The van der Waals surface area contributed by atoms with Crippen LogP contribution in [0.15, 0.2) is 30.3 Å². The van der Waals surface area contributed by atoms with Gasteiger partial charge in [-0.05, 0) is 44.0 Å². The number of piperidine rings is 1. The molecule has 3 rings (SSSR count). The van der Waals surface area contributed by atoms with Gasteiger partial charge in [0.2, 0.25) is 0 Å². The lowest BCUT2D eigenvalue weighted by atomic mass is 10.0. The number of ether oxygens (including phenoxy) is 2.